The van der Waals surface area contributed by atoms with Crippen LogP contribution in [0.25, 0.3) is 11.3 Å². The third kappa shape index (κ3) is 5.40. The van der Waals surface area contributed by atoms with E-state index in [9.17, 15) is 9.59 Å². The van der Waals surface area contributed by atoms with Crippen molar-refractivity contribution in [1.82, 2.24) is 4.98 Å². The average molecular weight is 440 g/mol. The lowest BCUT2D eigenvalue weighted by molar-refractivity contribution is -0.123. The van der Waals surface area contributed by atoms with Gasteiger partial charge in [-0.15, -0.1) is 11.3 Å². The molecule has 0 saturated carbocycles. The van der Waals surface area contributed by atoms with Crippen LogP contribution in [0.15, 0.2) is 47.8 Å². The van der Waals surface area contributed by atoms with Gasteiger partial charge in [0.1, 0.15) is 0 Å². The van der Waals surface area contributed by atoms with E-state index in [4.69, 9.17) is 9.47 Å². The van der Waals surface area contributed by atoms with E-state index in [-0.39, 0.29) is 11.8 Å². The van der Waals surface area contributed by atoms with E-state index in [0.717, 1.165) is 5.56 Å². The molecule has 0 spiro atoms. The van der Waals surface area contributed by atoms with E-state index in [0.29, 0.717) is 33.6 Å². The van der Waals surface area contributed by atoms with Crippen molar-refractivity contribution in [3.8, 4) is 22.8 Å². The minimum atomic E-state index is -0.528. The summed E-state index contributed by atoms with van der Waals surface area (Å²) in [6.07, 6.45) is 0. The topological polar surface area (TPSA) is 89.6 Å². The van der Waals surface area contributed by atoms with Crippen molar-refractivity contribution in [2.75, 3.05) is 24.9 Å². The van der Waals surface area contributed by atoms with Gasteiger partial charge in [0.05, 0.1) is 19.9 Å². The number of anilines is 2. The number of aromatic nitrogens is 1. The van der Waals surface area contributed by atoms with E-state index in [2.05, 4.69) is 15.6 Å². The van der Waals surface area contributed by atoms with Gasteiger partial charge in [0.15, 0.2) is 16.6 Å². The average Bonchev–Trinajstić information content (AvgIpc) is 3.21. The Balaban J connectivity index is 1.73. The first-order valence-corrected chi connectivity index (χ1v) is 10.5. The van der Waals surface area contributed by atoms with Crippen molar-refractivity contribution in [2.24, 2.45) is 5.41 Å². The Morgan fingerprint density at radius 2 is 1.71 bits per heavy atom. The number of carbonyl (C=O) groups is 2. The lowest BCUT2D eigenvalue weighted by atomic mass is 9.95. The molecule has 3 rings (SSSR count). The van der Waals surface area contributed by atoms with Gasteiger partial charge in [-0.2, -0.15) is 0 Å². The van der Waals surface area contributed by atoms with Crippen molar-refractivity contribution in [3.05, 3.63) is 53.4 Å². The molecule has 0 radical (unpaired) electrons. The second kappa shape index (κ2) is 9.18. The number of thiazole rings is 1. The fourth-order valence-electron chi connectivity index (χ4n) is 2.69. The van der Waals surface area contributed by atoms with Crippen LogP contribution >= 0.6 is 11.3 Å². The minimum absolute atomic E-state index is 0.121. The highest BCUT2D eigenvalue weighted by molar-refractivity contribution is 7.14. The summed E-state index contributed by atoms with van der Waals surface area (Å²) >= 11 is 1.32. The zero-order valence-electron chi connectivity index (χ0n) is 18.1. The molecule has 0 saturated heterocycles. The second-order valence-electron chi connectivity index (χ2n) is 7.85. The predicted octanol–water partition coefficient (Wildman–Crippen LogP) is 5.06. The summed E-state index contributed by atoms with van der Waals surface area (Å²) in [6, 6.07) is 12.3. The Kier molecular flexibility index (Phi) is 6.60. The first-order chi connectivity index (χ1) is 14.7. The Labute approximate surface area is 185 Å². The van der Waals surface area contributed by atoms with Crippen LogP contribution in [0.5, 0.6) is 11.5 Å². The number of hydrogen-bond acceptors (Lipinski definition) is 6. The van der Waals surface area contributed by atoms with Gasteiger partial charge in [0, 0.05) is 27.6 Å². The third-order valence-corrected chi connectivity index (χ3v) is 5.23. The molecule has 162 valence electrons. The molecule has 3 aromatic rings. The lowest BCUT2D eigenvalue weighted by Crippen LogP contribution is -2.27. The Bertz CT molecular complexity index is 1100. The van der Waals surface area contributed by atoms with Crippen LogP contribution in [0, 0.1) is 5.41 Å². The summed E-state index contributed by atoms with van der Waals surface area (Å²) in [6.45, 7) is 5.49. The summed E-state index contributed by atoms with van der Waals surface area (Å²) in [5.74, 6) is 0.811. The highest BCUT2D eigenvalue weighted by Crippen LogP contribution is 2.33. The molecular weight excluding hydrogens is 414 g/mol. The van der Waals surface area contributed by atoms with Gasteiger partial charge < -0.3 is 14.8 Å². The van der Waals surface area contributed by atoms with Gasteiger partial charge in [-0.3, -0.25) is 14.9 Å². The van der Waals surface area contributed by atoms with Gasteiger partial charge in [-0.25, -0.2) is 4.98 Å². The SMILES string of the molecule is COc1ccc(-c2csc(NC(=O)c3cccc(NC(=O)C(C)(C)C)c3)n2)cc1OC. The predicted molar refractivity (Wildman–Crippen MR) is 123 cm³/mol. The van der Waals surface area contributed by atoms with E-state index < -0.39 is 5.41 Å². The number of rotatable bonds is 6. The molecule has 2 aromatic carbocycles. The molecule has 0 atom stereocenters. The number of hydrogen-bond donors (Lipinski definition) is 2. The van der Waals surface area contributed by atoms with E-state index in [1.54, 1.807) is 38.5 Å². The van der Waals surface area contributed by atoms with Crippen molar-refractivity contribution in [1.29, 1.82) is 0 Å². The summed E-state index contributed by atoms with van der Waals surface area (Å²) in [5.41, 5.74) is 2.03. The molecule has 2 amide bonds. The maximum absolute atomic E-state index is 12.7. The molecule has 1 aromatic heterocycles. The molecule has 1 heterocycles. The molecule has 0 unspecified atom stereocenters. The smallest absolute Gasteiger partial charge is 0.257 e. The summed E-state index contributed by atoms with van der Waals surface area (Å²) in [4.78, 5) is 29.4. The highest BCUT2D eigenvalue weighted by atomic mass is 32.1. The van der Waals surface area contributed by atoms with Crippen LogP contribution in [-0.4, -0.2) is 31.0 Å². The Morgan fingerprint density at radius 3 is 2.39 bits per heavy atom. The zero-order valence-corrected chi connectivity index (χ0v) is 18.9. The van der Waals surface area contributed by atoms with Crippen molar-refractivity contribution >= 4 is 34.0 Å². The van der Waals surface area contributed by atoms with E-state index >= 15 is 0 Å². The molecule has 0 aliphatic carbocycles. The van der Waals surface area contributed by atoms with Gasteiger partial charge >= 0.3 is 0 Å². The van der Waals surface area contributed by atoms with Crippen LogP contribution < -0.4 is 20.1 Å². The summed E-state index contributed by atoms with van der Waals surface area (Å²) in [7, 11) is 3.16. The third-order valence-electron chi connectivity index (χ3n) is 4.47. The Morgan fingerprint density at radius 1 is 0.968 bits per heavy atom. The van der Waals surface area contributed by atoms with Crippen LogP contribution in [0.1, 0.15) is 31.1 Å². The first-order valence-electron chi connectivity index (χ1n) is 9.62. The minimum Gasteiger partial charge on any atom is -0.493 e. The quantitative estimate of drug-likeness (QED) is 0.560. The van der Waals surface area contributed by atoms with Crippen molar-refractivity contribution in [2.45, 2.75) is 20.8 Å². The number of benzene rings is 2. The maximum Gasteiger partial charge on any atom is 0.257 e. The standard InChI is InChI=1S/C23H25N3O4S/c1-23(2,3)21(28)24-16-8-6-7-15(11-16)20(27)26-22-25-17(13-31-22)14-9-10-18(29-4)19(12-14)30-5/h6-13H,1-5H3,(H,24,28)(H,25,26,27). The number of methoxy groups -OCH3 is 2. The number of ether oxygens (including phenoxy) is 2. The fraction of sp³-hybridized carbons (Fsp3) is 0.261. The van der Waals surface area contributed by atoms with Crippen LogP contribution in [0.2, 0.25) is 0 Å². The summed E-state index contributed by atoms with van der Waals surface area (Å²) < 4.78 is 10.6. The second-order valence-corrected chi connectivity index (χ2v) is 8.70. The number of nitrogens with one attached hydrogen (secondary N) is 2. The molecule has 2 N–H and O–H groups in total. The molecule has 0 fully saturated rings. The largest absolute Gasteiger partial charge is 0.493 e. The highest BCUT2D eigenvalue weighted by Gasteiger charge is 2.21. The number of nitrogens with zero attached hydrogens (tertiary/aromatic N) is 1. The van der Waals surface area contributed by atoms with Crippen LogP contribution in [0.3, 0.4) is 0 Å². The van der Waals surface area contributed by atoms with E-state index in [1.165, 1.54) is 11.3 Å². The van der Waals surface area contributed by atoms with Gasteiger partial charge in [-0.05, 0) is 36.4 Å². The molecular formula is C23H25N3O4S. The summed E-state index contributed by atoms with van der Waals surface area (Å²) in [5, 5.41) is 7.97. The van der Waals surface area contributed by atoms with Crippen LogP contribution in [-0.2, 0) is 4.79 Å². The monoisotopic (exact) mass is 439 g/mol. The normalized spacial score (nSPS) is 11.0. The molecule has 0 aliphatic heterocycles. The zero-order chi connectivity index (χ0) is 22.6. The number of amides is 2. The molecule has 7 nitrogen and oxygen atoms in total. The number of carbonyl (C=O) groups excluding carboxylic acids is 2. The van der Waals surface area contributed by atoms with Crippen molar-refractivity contribution in [3.63, 3.8) is 0 Å². The van der Waals surface area contributed by atoms with Gasteiger partial charge in [0.2, 0.25) is 5.91 Å². The molecule has 0 bridgehead atoms. The Hall–Kier alpha value is -3.39. The first kappa shape index (κ1) is 22.3. The van der Waals surface area contributed by atoms with Crippen molar-refractivity contribution < 1.29 is 19.1 Å². The van der Waals surface area contributed by atoms with E-state index in [1.807, 2.05) is 44.4 Å². The van der Waals surface area contributed by atoms with Gasteiger partial charge in [-0.1, -0.05) is 26.8 Å². The lowest BCUT2D eigenvalue weighted by Gasteiger charge is -2.17. The molecule has 31 heavy (non-hydrogen) atoms. The molecule has 0 aliphatic rings. The fourth-order valence-corrected chi connectivity index (χ4v) is 3.40. The van der Waals surface area contributed by atoms with Gasteiger partial charge in [0.25, 0.3) is 5.91 Å². The van der Waals surface area contributed by atoms with Crippen LogP contribution in [0.4, 0.5) is 10.8 Å². The molecule has 8 heteroatoms. The maximum atomic E-state index is 12.7.